The van der Waals surface area contributed by atoms with E-state index in [9.17, 15) is 9.59 Å². The number of ether oxygens (including phenoxy) is 1. The Labute approximate surface area is 181 Å². The lowest BCUT2D eigenvalue weighted by atomic mass is 10.1. The molecular weight excluding hydrogens is 411 g/mol. The van der Waals surface area contributed by atoms with E-state index in [-0.39, 0.29) is 24.3 Å². The topological polar surface area (TPSA) is 58.6 Å². The van der Waals surface area contributed by atoms with Crippen LogP contribution in [0.2, 0.25) is 10.0 Å². The van der Waals surface area contributed by atoms with Crippen LogP contribution in [-0.2, 0) is 22.7 Å². The van der Waals surface area contributed by atoms with Crippen molar-refractivity contribution in [1.29, 1.82) is 0 Å². The molecule has 2 aromatic carbocycles. The minimum absolute atomic E-state index is 0.0898. The van der Waals surface area contributed by atoms with Gasteiger partial charge in [0.1, 0.15) is 11.8 Å². The number of nitrogens with zero attached hydrogens (tertiary/aromatic N) is 1. The number of carbonyl (C=O) groups excluding carboxylic acids is 2. The van der Waals surface area contributed by atoms with Gasteiger partial charge in [-0.15, -0.1) is 0 Å². The number of nitrogens with one attached hydrogen (secondary N) is 1. The smallest absolute Gasteiger partial charge is 0.242 e. The molecule has 0 saturated carbocycles. The van der Waals surface area contributed by atoms with Crippen LogP contribution in [0.3, 0.4) is 0 Å². The summed E-state index contributed by atoms with van der Waals surface area (Å²) in [6.45, 7) is 5.95. The van der Waals surface area contributed by atoms with E-state index in [1.165, 1.54) is 0 Å². The Kier molecular flexibility index (Phi) is 8.35. The van der Waals surface area contributed by atoms with E-state index in [0.717, 1.165) is 16.9 Å². The van der Waals surface area contributed by atoms with E-state index < -0.39 is 6.04 Å². The fraction of sp³-hybridized carbons (Fsp3) is 0.364. The number of amides is 2. The van der Waals surface area contributed by atoms with Gasteiger partial charge in [-0.3, -0.25) is 9.59 Å². The Hall–Kier alpha value is -2.24. The number of hydrogen-bond donors (Lipinski definition) is 1. The lowest BCUT2D eigenvalue weighted by molar-refractivity contribution is -0.143. The molecule has 0 aliphatic carbocycles. The zero-order valence-corrected chi connectivity index (χ0v) is 18.6. The van der Waals surface area contributed by atoms with Gasteiger partial charge >= 0.3 is 0 Å². The second kappa shape index (κ2) is 10.5. The Balaban J connectivity index is 2.11. The van der Waals surface area contributed by atoms with Crippen molar-refractivity contribution in [2.45, 2.75) is 39.9 Å². The molecule has 0 fully saturated rings. The standard InChI is InChI=1S/C22H26Cl2N2O3/c1-14(2)22(28)26(13-16-5-9-19(29-4)10-6-16)15(3)21(27)25-12-17-7-8-18(23)11-20(17)24/h5-11,14-15H,12-13H2,1-4H3,(H,25,27). The third kappa shape index (κ3) is 6.38. The molecule has 156 valence electrons. The zero-order chi connectivity index (χ0) is 21.6. The summed E-state index contributed by atoms with van der Waals surface area (Å²) in [6.07, 6.45) is 0. The SMILES string of the molecule is COc1ccc(CN(C(=O)C(C)C)C(C)C(=O)NCc2ccc(Cl)cc2Cl)cc1. The second-order valence-electron chi connectivity index (χ2n) is 7.10. The first-order valence-electron chi connectivity index (χ1n) is 9.38. The highest BCUT2D eigenvalue weighted by Gasteiger charge is 2.27. The van der Waals surface area contributed by atoms with Crippen molar-refractivity contribution in [2.24, 2.45) is 5.92 Å². The lowest BCUT2D eigenvalue weighted by Crippen LogP contribution is -2.48. The highest BCUT2D eigenvalue weighted by atomic mass is 35.5. The van der Waals surface area contributed by atoms with Gasteiger partial charge in [0, 0.05) is 29.1 Å². The minimum Gasteiger partial charge on any atom is -0.497 e. The van der Waals surface area contributed by atoms with Crippen molar-refractivity contribution < 1.29 is 14.3 Å². The van der Waals surface area contributed by atoms with E-state index in [0.29, 0.717) is 16.6 Å². The maximum atomic E-state index is 12.8. The molecular formula is C22H26Cl2N2O3. The van der Waals surface area contributed by atoms with Crippen molar-refractivity contribution in [3.63, 3.8) is 0 Å². The maximum Gasteiger partial charge on any atom is 0.242 e. The van der Waals surface area contributed by atoms with Crippen molar-refractivity contribution in [2.75, 3.05) is 7.11 Å². The number of halogens is 2. The zero-order valence-electron chi connectivity index (χ0n) is 17.0. The Morgan fingerprint density at radius 3 is 2.28 bits per heavy atom. The molecule has 2 amide bonds. The maximum absolute atomic E-state index is 12.8. The van der Waals surface area contributed by atoms with Crippen LogP contribution in [0.4, 0.5) is 0 Å². The van der Waals surface area contributed by atoms with Crippen LogP contribution in [0.1, 0.15) is 31.9 Å². The number of benzene rings is 2. The molecule has 0 aliphatic rings. The van der Waals surface area contributed by atoms with Crippen LogP contribution in [-0.4, -0.2) is 29.9 Å². The average molecular weight is 437 g/mol. The summed E-state index contributed by atoms with van der Waals surface area (Å²) >= 11 is 12.1. The van der Waals surface area contributed by atoms with Crippen LogP contribution < -0.4 is 10.1 Å². The first-order valence-corrected chi connectivity index (χ1v) is 10.1. The van der Waals surface area contributed by atoms with Crippen LogP contribution >= 0.6 is 23.2 Å². The highest BCUT2D eigenvalue weighted by Crippen LogP contribution is 2.21. The monoisotopic (exact) mass is 436 g/mol. The predicted molar refractivity (Wildman–Crippen MR) is 116 cm³/mol. The second-order valence-corrected chi connectivity index (χ2v) is 7.94. The molecule has 2 aromatic rings. The molecule has 0 aromatic heterocycles. The van der Waals surface area contributed by atoms with E-state index in [1.54, 1.807) is 37.1 Å². The van der Waals surface area contributed by atoms with E-state index in [4.69, 9.17) is 27.9 Å². The van der Waals surface area contributed by atoms with E-state index in [1.807, 2.05) is 38.1 Å². The van der Waals surface area contributed by atoms with Gasteiger partial charge in [0.25, 0.3) is 0 Å². The fourth-order valence-corrected chi connectivity index (χ4v) is 3.28. The van der Waals surface area contributed by atoms with Gasteiger partial charge < -0.3 is 15.0 Å². The number of hydrogen-bond acceptors (Lipinski definition) is 3. The summed E-state index contributed by atoms with van der Waals surface area (Å²) in [6, 6.07) is 11.9. The van der Waals surface area contributed by atoms with Gasteiger partial charge in [-0.05, 0) is 42.3 Å². The van der Waals surface area contributed by atoms with Crippen molar-refractivity contribution in [1.82, 2.24) is 10.2 Å². The summed E-state index contributed by atoms with van der Waals surface area (Å²) in [5, 5.41) is 3.88. The molecule has 29 heavy (non-hydrogen) atoms. The summed E-state index contributed by atoms with van der Waals surface area (Å²) in [7, 11) is 1.60. The fourth-order valence-electron chi connectivity index (χ4n) is 2.80. The third-order valence-corrected chi connectivity index (χ3v) is 5.19. The van der Waals surface area contributed by atoms with Crippen LogP contribution in [0.25, 0.3) is 0 Å². The number of carbonyl (C=O) groups is 2. The van der Waals surface area contributed by atoms with Crippen molar-refractivity contribution in [3.05, 3.63) is 63.6 Å². The molecule has 5 nitrogen and oxygen atoms in total. The third-order valence-electron chi connectivity index (χ3n) is 4.60. The van der Waals surface area contributed by atoms with Gasteiger partial charge in [-0.1, -0.05) is 55.2 Å². The number of rotatable bonds is 8. The molecule has 1 N–H and O–H groups in total. The van der Waals surface area contributed by atoms with E-state index in [2.05, 4.69) is 5.32 Å². The summed E-state index contributed by atoms with van der Waals surface area (Å²) in [5.41, 5.74) is 1.67. The van der Waals surface area contributed by atoms with Crippen LogP contribution in [0.15, 0.2) is 42.5 Å². The van der Waals surface area contributed by atoms with Gasteiger partial charge in [0.15, 0.2) is 0 Å². The van der Waals surface area contributed by atoms with Crippen LogP contribution in [0.5, 0.6) is 5.75 Å². The Morgan fingerprint density at radius 2 is 1.72 bits per heavy atom. The quantitative estimate of drug-likeness (QED) is 0.652. The molecule has 0 saturated heterocycles. The normalized spacial score (nSPS) is 11.8. The summed E-state index contributed by atoms with van der Waals surface area (Å²) in [4.78, 5) is 27.1. The van der Waals surface area contributed by atoms with Gasteiger partial charge in [-0.2, -0.15) is 0 Å². The Morgan fingerprint density at radius 1 is 1.07 bits per heavy atom. The summed E-state index contributed by atoms with van der Waals surface area (Å²) < 4.78 is 5.17. The highest BCUT2D eigenvalue weighted by molar-refractivity contribution is 6.35. The summed E-state index contributed by atoms with van der Waals surface area (Å²) in [5.74, 6) is 0.168. The molecule has 2 rings (SSSR count). The molecule has 7 heteroatoms. The molecule has 0 radical (unpaired) electrons. The van der Waals surface area contributed by atoms with Gasteiger partial charge in [-0.25, -0.2) is 0 Å². The van der Waals surface area contributed by atoms with E-state index >= 15 is 0 Å². The average Bonchev–Trinajstić information content (AvgIpc) is 2.70. The Bertz CT molecular complexity index is 854. The van der Waals surface area contributed by atoms with Crippen LogP contribution in [0, 0.1) is 5.92 Å². The van der Waals surface area contributed by atoms with Crippen molar-refractivity contribution in [3.8, 4) is 5.75 Å². The first-order chi connectivity index (χ1) is 13.7. The van der Waals surface area contributed by atoms with Gasteiger partial charge in [0.2, 0.25) is 11.8 Å². The lowest BCUT2D eigenvalue weighted by Gasteiger charge is -2.30. The largest absolute Gasteiger partial charge is 0.497 e. The molecule has 1 atom stereocenters. The van der Waals surface area contributed by atoms with Gasteiger partial charge in [0.05, 0.1) is 7.11 Å². The van der Waals surface area contributed by atoms with Crippen molar-refractivity contribution >= 4 is 35.0 Å². The molecule has 0 bridgehead atoms. The molecule has 1 unspecified atom stereocenters. The predicted octanol–water partition coefficient (Wildman–Crippen LogP) is 4.69. The first kappa shape index (κ1) is 23.0. The minimum atomic E-state index is -0.641. The molecule has 0 aliphatic heterocycles. The number of methoxy groups -OCH3 is 1. The molecule has 0 spiro atoms. The molecule has 0 heterocycles.